The van der Waals surface area contributed by atoms with Crippen LogP contribution in [-0.4, -0.2) is 19.2 Å². The van der Waals surface area contributed by atoms with Gasteiger partial charge < -0.3 is 14.2 Å². The zero-order valence-electron chi connectivity index (χ0n) is 13.2. The molecular formula is C19H20O4. The smallest absolute Gasteiger partial charge is 0.311 e. The Labute approximate surface area is 136 Å². The second kappa shape index (κ2) is 7.18. The fraction of sp³-hybridized carbons (Fsp3) is 0.316. The number of carbonyl (C=O) groups excluding carboxylic acids is 1. The van der Waals surface area contributed by atoms with Crippen LogP contribution in [0.1, 0.15) is 24.0 Å². The first kappa shape index (κ1) is 15.4. The Morgan fingerprint density at radius 1 is 1.04 bits per heavy atom. The second-order valence-electron chi connectivity index (χ2n) is 5.62. The molecule has 1 heterocycles. The molecule has 0 aliphatic carbocycles. The maximum Gasteiger partial charge on any atom is 0.311 e. The lowest BCUT2D eigenvalue weighted by molar-refractivity contribution is -0.134. The highest BCUT2D eigenvalue weighted by Gasteiger charge is 2.12. The number of benzene rings is 2. The minimum Gasteiger partial charge on any atom is -0.490 e. The Morgan fingerprint density at radius 2 is 1.78 bits per heavy atom. The Kier molecular flexibility index (Phi) is 4.81. The second-order valence-corrected chi connectivity index (χ2v) is 5.62. The molecule has 0 unspecified atom stereocenters. The summed E-state index contributed by atoms with van der Waals surface area (Å²) >= 11 is 0. The van der Waals surface area contributed by atoms with Crippen LogP contribution in [0, 0.1) is 6.92 Å². The number of hydrogen-bond donors (Lipinski definition) is 0. The molecule has 0 spiro atoms. The lowest BCUT2D eigenvalue weighted by Gasteiger charge is -2.09. The summed E-state index contributed by atoms with van der Waals surface area (Å²) in [5, 5.41) is 0. The average Bonchev–Trinajstić information content (AvgIpc) is 2.80. The molecule has 4 heteroatoms. The maximum absolute atomic E-state index is 11.9. The number of hydrogen-bond acceptors (Lipinski definition) is 4. The molecule has 0 N–H and O–H groups in total. The van der Waals surface area contributed by atoms with Crippen LogP contribution in [0.3, 0.4) is 0 Å². The fourth-order valence-electron chi connectivity index (χ4n) is 2.40. The van der Waals surface area contributed by atoms with Gasteiger partial charge in [0.25, 0.3) is 0 Å². The summed E-state index contributed by atoms with van der Waals surface area (Å²) in [5.74, 6) is 1.88. The molecule has 0 saturated heterocycles. The third-order valence-electron chi connectivity index (χ3n) is 3.68. The van der Waals surface area contributed by atoms with Crippen LogP contribution < -0.4 is 14.2 Å². The molecule has 0 aromatic heterocycles. The van der Waals surface area contributed by atoms with Crippen molar-refractivity contribution in [3.8, 4) is 17.2 Å². The van der Waals surface area contributed by atoms with Crippen molar-refractivity contribution in [2.75, 3.05) is 13.2 Å². The molecule has 23 heavy (non-hydrogen) atoms. The number of rotatable bonds is 4. The molecule has 1 aliphatic rings. The molecule has 0 atom stereocenters. The molecule has 2 aromatic rings. The number of carbonyl (C=O) groups is 1. The van der Waals surface area contributed by atoms with Gasteiger partial charge in [-0.25, -0.2) is 0 Å². The van der Waals surface area contributed by atoms with Crippen molar-refractivity contribution in [1.82, 2.24) is 0 Å². The van der Waals surface area contributed by atoms with E-state index in [-0.39, 0.29) is 5.97 Å². The molecule has 0 bridgehead atoms. The highest BCUT2D eigenvalue weighted by atomic mass is 16.5. The lowest BCUT2D eigenvalue weighted by atomic mass is 10.1. The summed E-state index contributed by atoms with van der Waals surface area (Å²) in [6.45, 7) is 3.33. The van der Waals surface area contributed by atoms with E-state index < -0.39 is 0 Å². The van der Waals surface area contributed by atoms with Gasteiger partial charge in [0.1, 0.15) is 5.75 Å². The highest BCUT2D eigenvalue weighted by Crippen LogP contribution is 2.30. The predicted octanol–water partition coefficient (Wildman–Crippen LogP) is 3.69. The maximum atomic E-state index is 11.9. The van der Waals surface area contributed by atoms with E-state index in [1.807, 2.05) is 37.3 Å². The van der Waals surface area contributed by atoms with Crippen molar-refractivity contribution in [1.29, 1.82) is 0 Å². The van der Waals surface area contributed by atoms with E-state index in [4.69, 9.17) is 14.2 Å². The van der Waals surface area contributed by atoms with Crippen LogP contribution in [0.2, 0.25) is 0 Å². The van der Waals surface area contributed by atoms with Crippen LogP contribution in [0.4, 0.5) is 0 Å². The molecular weight excluding hydrogens is 292 g/mol. The van der Waals surface area contributed by atoms with Crippen LogP contribution in [0.15, 0.2) is 42.5 Å². The Balaban J connectivity index is 1.56. The van der Waals surface area contributed by atoms with Crippen molar-refractivity contribution in [3.05, 3.63) is 53.6 Å². The van der Waals surface area contributed by atoms with Crippen molar-refractivity contribution in [3.63, 3.8) is 0 Å². The van der Waals surface area contributed by atoms with E-state index >= 15 is 0 Å². The van der Waals surface area contributed by atoms with E-state index in [0.717, 1.165) is 29.0 Å². The van der Waals surface area contributed by atoms with Gasteiger partial charge in [-0.2, -0.15) is 0 Å². The first-order valence-electron chi connectivity index (χ1n) is 7.86. The summed E-state index contributed by atoms with van der Waals surface area (Å²) in [6.07, 6.45) is 1.82. The van der Waals surface area contributed by atoms with Gasteiger partial charge in [0, 0.05) is 12.8 Å². The van der Waals surface area contributed by atoms with E-state index in [2.05, 4.69) is 0 Å². The molecule has 3 rings (SSSR count). The van der Waals surface area contributed by atoms with Crippen LogP contribution >= 0.6 is 0 Å². The third kappa shape index (κ3) is 4.25. The monoisotopic (exact) mass is 312 g/mol. The number of esters is 1. The predicted molar refractivity (Wildman–Crippen MR) is 87.2 cm³/mol. The molecule has 0 saturated carbocycles. The zero-order valence-corrected chi connectivity index (χ0v) is 13.2. The van der Waals surface area contributed by atoms with Gasteiger partial charge in [-0.15, -0.1) is 0 Å². The molecule has 1 aliphatic heterocycles. The minimum absolute atomic E-state index is 0.235. The largest absolute Gasteiger partial charge is 0.490 e. The summed E-state index contributed by atoms with van der Waals surface area (Å²) in [6, 6.07) is 13.3. The van der Waals surface area contributed by atoms with Crippen LogP contribution in [0.5, 0.6) is 17.2 Å². The Bertz CT molecular complexity index is 676. The van der Waals surface area contributed by atoms with Crippen LogP contribution in [-0.2, 0) is 11.2 Å². The standard InChI is InChI=1S/C19H20O4/c1-14-3-7-16(8-4-14)23-19(20)10-6-15-5-9-17-18(13-15)22-12-2-11-21-17/h3-5,7-9,13H,2,6,10-12H2,1H3. The summed E-state index contributed by atoms with van der Waals surface area (Å²) in [4.78, 5) is 11.9. The topological polar surface area (TPSA) is 44.8 Å². The highest BCUT2D eigenvalue weighted by molar-refractivity contribution is 5.72. The number of fused-ring (bicyclic) bond motifs is 1. The zero-order chi connectivity index (χ0) is 16.1. The van der Waals surface area contributed by atoms with Gasteiger partial charge in [-0.1, -0.05) is 23.8 Å². The molecule has 0 fully saturated rings. The van der Waals surface area contributed by atoms with E-state index in [0.29, 0.717) is 31.8 Å². The van der Waals surface area contributed by atoms with Crippen LogP contribution in [0.25, 0.3) is 0 Å². The van der Waals surface area contributed by atoms with Crippen molar-refractivity contribution >= 4 is 5.97 Å². The van der Waals surface area contributed by atoms with Crippen molar-refractivity contribution in [2.45, 2.75) is 26.2 Å². The summed E-state index contributed by atoms with van der Waals surface area (Å²) in [5.41, 5.74) is 2.17. The van der Waals surface area contributed by atoms with E-state index in [1.54, 1.807) is 12.1 Å². The molecule has 0 amide bonds. The van der Waals surface area contributed by atoms with Gasteiger partial charge in [-0.05, 0) is 43.2 Å². The van der Waals surface area contributed by atoms with E-state index in [1.165, 1.54) is 0 Å². The summed E-state index contributed by atoms with van der Waals surface area (Å²) in [7, 11) is 0. The Morgan fingerprint density at radius 3 is 2.57 bits per heavy atom. The van der Waals surface area contributed by atoms with Gasteiger partial charge in [0.2, 0.25) is 0 Å². The Hall–Kier alpha value is -2.49. The molecule has 0 radical (unpaired) electrons. The molecule has 120 valence electrons. The van der Waals surface area contributed by atoms with E-state index in [9.17, 15) is 4.79 Å². The average molecular weight is 312 g/mol. The van der Waals surface area contributed by atoms with Gasteiger partial charge in [-0.3, -0.25) is 4.79 Å². The first-order valence-corrected chi connectivity index (χ1v) is 7.86. The molecule has 4 nitrogen and oxygen atoms in total. The third-order valence-corrected chi connectivity index (χ3v) is 3.68. The fourth-order valence-corrected chi connectivity index (χ4v) is 2.40. The quantitative estimate of drug-likeness (QED) is 0.638. The minimum atomic E-state index is -0.235. The van der Waals surface area contributed by atoms with Crippen molar-refractivity contribution < 1.29 is 19.0 Å². The number of aryl methyl sites for hydroxylation is 2. The van der Waals surface area contributed by atoms with Crippen molar-refractivity contribution in [2.24, 2.45) is 0 Å². The summed E-state index contributed by atoms with van der Waals surface area (Å²) < 4.78 is 16.6. The van der Waals surface area contributed by atoms with Gasteiger partial charge in [0.05, 0.1) is 13.2 Å². The lowest BCUT2D eigenvalue weighted by Crippen LogP contribution is -2.09. The van der Waals surface area contributed by atoms with Gasteiger partial charge >= 0.3 is 5.97 Å². The SMILES string of the molecule is Cc1ccc(OC(=O)CCc2ccc3c(c2)OCCCO3)cc1. The number of ether oxygens (including phenoxy) is 3. The van der Waals surface area contributed by atoms with Gasteiger partial charge in [0.15, 0.2) is 11.5 Å². The normalized spacial score (nSPS) is 13.3. The molecule has 2 aromatic carbocycles. The first-order chi connectivity index (χ1) is 11.2.